The summed E-state index contributed by atoms with van der Waals surface area (Å²) in [5, 5.41) is 0. The molecule has 3 nitrogen and oxygen atoms in total. The molecule has 3 heteroatoms. The van der Waals surface area contributed by atoms with Gasteiger partial charge in [0, 0.05) is 18.3 Å². The summed E-state index contributed by atoms with van der Waals surface area (Å²) in [7, 11) is 0. The summed E-state index contributed by atoms with van der Waals surface area (Å²) in [4.78, 5) is 10.8. The van der Waals surface area contributed by atoms with Gasteiger partial charge in [0.1, 0.15) is 12.0 Å². The minimum atomic E-state index is 0.282. The van der Waals surface area contributed by atoms with Crippen LogP contribution >= 0.6 is 0 Å². The first kappa shape index (κ1) is 11.7. The van der Waals surface area contributed by atoms with Crippen molar-refractivity contribution in [1.82, 2.24) is 0 Å². The highest BCUT2D eigenvalue weighted by Gasteiger charge is 2.48. The first-order valence-corrected chi connectivity index (χ1v) is 6.65. The summed E-state index contributed by atoms with van der Waals surface area (Å²) in [5.41, 5.74) is 0. The first-order valence-electron chi connectivity index (χ1n) is 6.65. The molecule has 2 fully saturated rings. The zero-order valence-electron chi connectivity index (χ0n) is 10.3. The highest BCUT2D eigenvalue weighted by molar-refractivity contribution is 5.50. The average Bonchev–Trinajstić information content (AvgIpc) is 3.00. The number of ether oxygens (including phenoxy) is 2. The van der Waals surface area contributed by atoms with Gasteiger partial charge in [0.15, 0.2) is 0 Å². The number of carbonyl (C=O) groups is 1. The number of benzene rings is 1. The molecule has 0 amide bonds. The van der Waals surface area contributed by atoms with E-state index in [4.69, 9.17) is 9.47 Å². The molecule has 4 atom stereocenters. The Kier molecular flexibility index (Phi) is 3.33. The highest BCUT2D eigenvalue weighted by atomic mass is 16.5. The van der Waals surface area contributed by atoms with E-state index < -0.39 is 0 Å². The van der Waals surface area contributed by atoms with Gasteiger partial charge in [-0.3, -0.25) is 0 Å². The number of aldehydes is 1. The van der Waals surface area contributed by atoms with Crippen LogP contribution in [-0.2, 0) is 9.53 Å². The summed E-state index contributed by atoms with van der Waals surface area (Å²) in [6, 6.07) is 9.83. The molecule has 2 bridgehead atoms. The van der Waals surface area contributed by atoms with E-state index in [9.17, 15) is 4.79 Å². The molecule has 2 aliphatic heterocycles. The van der Waals surface area contributed by atoms with Crippen LogP contribution in [0, 0.1) is 11.8 Å². The van der Waals surface area contributed by atoms with Crippen molar-refractivity contribution in [3.8, 4) is 5.75 Å². The lowest BCUT2D eigenvalue weighted by molar-refractivity contribution is -0.109. The fraction of sp³-hybridized carbons (Fsp3) is 0.533. The molecule has 18 heavy (non-hydrogen) atoms. The summed E-state index contributed by atoms with van der Waals surface area (Å²) >= 11 is 0. The molecule has 96 valence electrons. The van der Waals surface area contributed by atoms with Crippen LogP contribution in [0.3, 0.4) is 0 Å². The molecule has 0 aliphatic carbocycles. The van der Waals surface area contributed by atoms with Gasteiger partial charge in [0.2, 0.25) is 0 Å². The van der Waals surface area contributed by atoms with Gasteiger partial charge in [-0.1, -0.05) is 18.2 Å². The molecular formula is C15H18O3. The van der Waals surface area contributed by atoms with Crippen molar-refractivity contribution in [2.45, 2.75) is 31.5 Å². The van der Waals surface area contributed by atoms with Crippen molar-refractivity contribution in [3.05, 3.63) is 30.3 Å². The third-order valence-corrected chi connectivity index (χ3v) is 4.14. The lowest BCUT2D eigenvalue weighted by atomic mass is 9.78. The predicted molar refractivity (Wildman–Crippen MR) is 67.5 cm³/mol. The van der Waals surface area contributed by atoms with Crippen molar-refractivity contribution in [2.75, 3.05) is 6.61 Å². The Morgan fingerprint density at radius 3 is 2.61 bits per heavy atom. The number of hydrogen-bond donors (Lipinski definition) is 0. The zero-order chi connectivity index (χ0) is 12.4. The lowest BCUT2D eigenvalue weighted by Gasteiger charge is -2.26. The van der Waals surface area contributed by atoms with E-state index in [1.54, 1.807) is 0 Å². The maximum Gasteiger partial charge on any atom is 0.120 e. The van der Waals surface area contributed by atoms with Gasteiger partial charge in [-0.25, -0.2) is 0 Å². The minimum absolute atomic E-state index is 0.282. The van der Waals surface area contributed by atoms with Gasteiger partial charge in [-0.15, -0.1) is 0 Å². The molecule has 0 aromatic heterocycles. The van der Waals surface area contributed by atoms with E-state index in [-0.39, 0.29) is 6.10 Å². The topological polar surface area (TPSA) is 35.5 Å². The van der Waals surface area contributed by atoms with Crippen LogP contribution in [0.4, 0.5) is 0 Å². The quantitative estimate of drug-likeness (QED) is 0.749. The first-order chi connectivity index (χ1) is 8.88. The molecule has 0 spiro atoms. The number of hydrogen-bond acceptors (Lipinski definition) is 3. The van der Waals surface area contributed by atoms with Crippen LogP contribution in [0.15, 0.2) is 30.3 Å². The van der Waals surface area contributed by atoms with Crippen LogP contribution in [0.2, 0.25) is 0 Å². The van der Waals surface area contributed by atoms with E-state index in [1.807, 2.05) is 30.3 Å². The Balaban J connectivity index is 1.63. The zero-order valence-corrected chi connectivity index (χ0v) is 10.3. The number of fused-ring (bicyclic) bond motifs is 2. The Labute approximate surface area is 107 Å². The molecule has 1 aromatic carbocycles. The van der Waals surface area contributed by atoms with E-state index in [1.165, 1.54) is 0 Å². The Hall–Kier alpha value is -1.35. The lowest BCUT2D eigenvalue weighted by Crippen LogP contribution is -2.32. The van der Waals surface area contributed by atoms with Crippen molar-refractivity contribution < 1.29 is 14.3 Å². The third-order valence-electron chi connectivity index (χ3n) is 4.14. The third kappa shape index (κ3) is 2.15. The van der Waals surface area contributed by atoms with Gasteiger partial charge >= 0.3 is 0 Å². The van der Waals surface area contributed by atoms with E-state index >= 15 is 0 Å². The van der Waals surface area contributed by atoms with Crippen molar-refractivity contribution in [2.24, 2.45) is 11.8 Å². The van der Waals surface area contributed by atoms with Gasteiger partial charge in [0.05, 0.1) is 18.8 Å². The van der Waals surface area contributed by atoms with Crippen LogP contribution in [0.5, 0.6) is 5.75 Å². The monoisotopic (exact) mass is 246 g/mol. The maximum absolute atomic E-state index is 10.8. The van der Waals surface area contributed by atoms with E-state index in [0.717, 1.165) is 24.9 Å². The fourth-order valence-corrected chi connectivity index (χ4v) is 3.25. The molecule has 2 saturated heterocycles. The molecule has 4 unspecified atom stereocenters. The van der Waals surface area contributed by atoms with Gasteiger partial charge < -0.3 is 14.3 Å². The average molecular weight is 246 g/mol. The maximum atomic E-state index is 10.8. The molecule has 2 heterocycles. The normalized spacial score (nSPS) is 33.6. The van der Waals surface area contributed by atoms with Crippen molar-refractivity contribution >= 4 is 6.29 Å². The number of para-hydroxylation sites is 1. The standard InChI is InChI=1S/C15H18O3/c16-9-8-12-13(15-7-6-14(12)18-15)10-17-11-4-2-1-3-5-11/h1-5,9,12-15H,6-8,10H2. The van der Waals surface area contributed by atoms with Gasteiger partial charge in [0.25, 0.3) is 0 Å². The number of carbonyl (C=O) groups excluding carboxylic acids is 1. The van der Waals surface area contributed by atoms with Crippen molar-refractivity contribution in [1.29, 1.82) is 0 Å². The van der Waals surface area contributed by atoms with Crippen molar-refractivity contribution in [3.63, 3.8) is 0 Å². The second-order valence-corrected chi connectivity index (χ2v) is 5.14. The Bertz CT molecular complexity index is 403. The summed E-state index contributed by atoms with van der Waals surface area (Å²) < 4.78 is 11.7. The molecule has 1 aromatic rings. The largest absolute Gasteiger partial charge is 0.493 e. The minimum Gasteiger partial charge on any atom is -0.493 e. The molecule has 2 aliphatic rings. The van der Waals surface area contributed by atoms with Crippen LogP contribution in [0.1, 0.15) is 19.3 Å². The van der Waals surface area contributed by atoms with Gasteiger partial charge in [-0.2, -0.15) is 0 Å². The number of rotatable bonds is 5. The smallest absolute Gasteiger partial charge is 0.120 e. The predicted octanol–water partition coefficient (Wildman–Crippen LogP) is 2.45. The summed E-state index contributed by atoms with van der Waals surface area (Å²) in [6.45, 7) is 0.656. The molecule has 0 saturated carbocycles. The molecular weight excluding hydrogens is 228 g/mol. The van der Waals surface area contributed by atoms with Gasteiger partial charge in [-0.05, 0) is 25.0 Å². The molecule has 0 radical (unpaired) electrons. The fourth-order valence-electron chi connectivity index (χ4n) is 3.25. The second kappa shape index (κ2) is 5.11. The Morgan fingerprint density at radius 1 is 1.17 bits per heavy atom. The SMILES string of the molecule is O=CCC1C2CCC(O2)C1COc1ccccc1. The van der Waals surface area contributed by atoms with Crippen LogP contribution in [-0.4, -0.2) is 25.1 Å². The van der Waals surface area contributed by atoms with E-state index in [2.05, 4.69) is 0 Å². The second-order valence-electron chi connectivity index (χ2n) is 5.14. The summed E-state index contributed by atoms with van der Waals surface area (Å²) in [5.74, 6) is 1.62. The highest BCUT2D eigenvalue weighted by Crippen LogP contribution is 2.44. The van der Waals surface area contributed by atoms with Crippen LogP contribution < -0.4 is 4.74 Å². The Morgan fingerprint density at radius 2 is 1.89 bits per heavy atom. The van der Waals surface area contributed by atoms with E-state index in [0.29, 0.717) is 31.0 Å². The summed E-state index contributed by atoms with van der Waals surface area (Å²) in [6.07, 6.45) is 4.41. The molecule has 0 N–H and O–H groups in total. The van der Waals surface area contributed by atoms with Crippen LogP contribution in [0.25, 0.3) is 0 Å². The molecule has 3 rings (SSSR count).